The third-order valence-corrected chi connectivity index (χ3v) is 3.99. The maximum Gasteiger partial charge on any atom is 0.123 e. The van der Waals surface area contributed by atoms with Crippen molar-refractivity contribution < 1.29 is 4.39 Å². The molecule has 3 nitrogen and oxygen atoms in total. The van der Waals surface area contributed by atoms with Gasteiger partial charge in [-0.15, -0.1) is 0 Å². The summed E-state index contributed by atoms with van der Waals surface area (Å²) < 4.78 is 13.0. The van der Waals surface area contributed by atoms with Gasteiger partial charge in [-0.1, -0.05) is 19.1 Å². The molecule has 1 N–H and O–H groups in total. The lowest BCUT2D eigenvalue weighted by atomic mass is 9.86. The smallest absolute Gasteiger partial charge is 0.123 e. The molecule has 4 heteroatoms. The number of nitrogens with zero attached hydrogens (tertiary/aromatic N) is 2. The van der Waals surface area contributed by atoms with E-state index in [4.69, 9.17) is 0 Å². The molecule has 2 atom stereocenters. The Morgan fingerprint density at radius 1 is 1.39 bits per heavy atom. The van der Waals surface area contributed by atoms with Crippen LogP contribution in [0.2, 0.25) is 0 Å². The normalized spacial score (nSPS) is 27.6. The summed E-state index contributed by atoms with van der Waals surface area (Å²) in [5.74, 6) is 0.251. The highest BCUT2D eigenvalue weighted by molar-refractivity contribution is 5.89. The second-order valence-corrected chi connectivity index (χ2v) is 5.01. The molecule has 3 rings (SSSR count). The zero-order chi connectivity index (χ0) is 12.5. The Kier molecular flexibility index (Phi) is 3.04. The molecule has 1 saturated heterocycles. The van der Waals surface area contributed by atoms with E-state index in [1.54, 1.807) is 0 Å². The van der Waals surface area contributed by atoms with Gasteiger partial charge in [0.15, 0.2) is 0 Å². The molecular weight excluding hydrogens is 229 g/mol. The fraction of sp³-hybridized carbons (Fsp3) is 0.500. The van der Waals surface area contributed by atoms with Crippen molar-refractivity contribution in [3.8, 4) is 0 Å². The minimum atomic E-state index is -0.184. The van der Waals surface area contributed by atoms with Crippen molar-refractivity contribution in [1.82, 2.24) is 10.3 Å². The monoisotopic (exact) mass is 247 g/mol. The summed E-state index contributed by atoms with van der Waals surface area (Å²) in [5, 5.41) is 4.45. The SMILES string of the molecule is CCN1CCC2=NNC(c3ccc(F)cc3)C2C1. The minimum Gasteiger partial charge on any atom is -0.302 e. The number of rotatable bonds is 2. The largest absolute Gasteiger partial charge is 0.302 e. The fourth-order valence-electron chi connectivity index (χ4n) is 2.88. The molecule has 1 aromatic carbocycles. The van der Waals surface area contributed by atoms with Gasteiger partial charge in [-0.2, -0.15) is 5.10 Å². The Balaban J connectivity index is 1.80. The van der Waals surface area contributed by atoms with Gasteiger partial charge in [0, 0.05) is 31.1 Å². The van der Waals surface area contributed by atoms with Crippen LogP contribution in [0.15, 0.2) is 29.4 Å². The van der Waals surface area contributed by atoms with Crippen LogP contribution in [0.3, 0.4) is 0 Å². The lowest BCUT2D eigenvalue weighted by Gasteiger charge is -2.32. The average molecular weight is 247 g/mol. The summed E-state index contributed by atoms with van der Waals surface area (Å²) >= 11 is 0. The second-order valence-electron chi connectivity index (χ2n) is 5.01. The molecule has 0 amide bonds. The molecule has 18 heavy (non-hydrogen) atoms. The molecule has 2 aliphatic rings. The third-order valence-electron chi connectivity index (χ3n) is 3.99. The van der Waals surface area contributed by atoms with Gasteiger partial charge < -0.3 is 10.3 Å². The summed E-state index contributed by atoms with van der Waals surface area (Å²) in [6, 6.07) is 6.97. The fourth-order valence-corrected chi connectivity index (χ4v) is 2.88. The molecule has 2 heterocycles. The van der Waals surface area contributed by atoms with Crippen LogP contribution in [0, 0.1) is 11.7 Å². The first-order chi connectivity index (χ1) is 8.78. The van der Waals surface area contributed by atoms with Crippen LogP contribution >= 0.6 is 0 Å². The number of hydrogen-bond donors (Lipinski definition) is 1. The van der Waals surface area contributed by atoms with E-state index in [1.165, 1.54) is 17.8 Å². The standard InChI is InChI=1S/C14H18FN3/c1-2-18-8-7-13-12(9-18)14(17-16-13)10-3-5-11(15)6-4-10/h3-6,12,14,17H,2,7-9H2,1H3. The molecule has 1 aromatic rings. The molecule has 0 aromatic heterocycles. The predicted octanol–water partition coefficient (Wildman–Crippen LogP) is 2.17. The van der Waals surface area contributed by atoms with Crippen molar-refractivity contribution >= 4 is 5.71 Å². The molecule has 2 unspecified atom stereocenters. The molecule has 0 saturated carbocycles. The maximum atomic E-state index is 13.0. The lowest BCUT2D eigenvalue weighted by Crippen LogP contribution is -2.41. The number of benzene rings is 1. The lowest BCUT2D eigenvalue weighted by molar-refractivity contribution is 0.238. The van der Waals surface area contributed by atoms with Crippen LogP contribution in [-0.4, -0.2) is 30.2 Å². The van der Waals surface area contributed by atoms with Gasteiger partial charge in [0.05, 0.1) is 6.04 Å². The van der Waals surface area contributed by atoms with Crippen molar-refractivity contribution in [2.24, 2.45) is 11.0 Å². The van der Waals surface area contributed by atoms with E-state index in [1.807, 2.05) is 12.1 Å². The van der Waals surface area contributed by atoms with Crippen molar-refractivity contribution in [1.29, 1.82) is 0 Å². The summed E-state index contributed by atoms with van der Waals surface area (Å²) in [7, 11) is 0. The summed E-state index contributed by atoms with van der Waals surface area (Å²) in [6.07, 6.45) is 1.04. The van der Waals surface area contributed by atoms with E-state index in [-0.39, 0.29) is 11.9 Å². The van der Waals surface area contributed by atoms with Crippen molar-refractivity contribution in [3.05, 3.63) is 35.6 Å². The number of halogens is 1. The Morgan fingerprint density at radius 3 is 2.89 bits per heavy atom. The highest BCUT2D eigenvalue weighted by Gasteiger charge is 2.36. The molecule has 0 spiro atoms. The number of piperidine rings is 1. The predicted molar refractivity (Wildman–Crippen MR) is 69.9 cm³/mol. The minimum absolute atomic E-state index is 0.184. The zero-order valence-electron chi connectivity index (χ0n) is 10.6. The first-order valence-electron chi connectivity index (χ1n) is 6.57. The van der Waals surface area contributed by atoms with Gasteiger partial charge >= 0.3 is 0 Å². The topological polar surface area (TPSA) is 27.6 Å². The van der Waals surface area contributed by atoms with Crippen molar-refractivity contribution in [2.45, 2.75) is 19.4 Å². The number of hydrogen-bond acceptors (Lipinski definition) is 3. The third kappa shape index (κ3) is 2.01. The first-order valence-corrected chi connectivity index (χ1v) is 6.57. The van der Waals surface area contributed by atoms with Crippen LogP contribution in [-0.2, 0) is 0 Å². The highest BCUT2D eigenvalue weighted by atomic mass is 19.1. The summed E-state index contributed by atoms with van der Waals surface area (Å²) in [4.78, 5) is 2.45. The van der Waals surface area contributed by atoms with Crippen molar-refractivity contribution in [2.75, 3.05) is 19.6 Å². The highest BCUT2D eigenvalue weighted by Crippen LogP contribution is 2.32. The van der Waals surface area contributed by atoms with Crippen LogP contribution in [0.5, 0.6) is 0 Å². The van der Waals surface area contributed by atoms with Gasteiger partial charge in [0.25, 0.3) is 0 Å². The van der Waals surface area contributed by atoms with Gasteiger partial charge in [0.2, 0.25) is 0 Å². The van der Waals surface area contributed by atoms with E-state index >= 15 is 0 Å². The number of fused-ring (bicyclic) bond motifs is 1. The zero-order valence-corrected chi connectivity index (χ0v) is 10.6. The molecule has 0 bridgehead atoms. The van der Waals surface area contributed by atoms with Crippen LogP contribution in [0.1, 0.15) is 24.9 Å². The van der Waals surface area contributed by atoms with Crippen molar-refractivity contribution in [3.63, 3.8) is 0 Å². The molecule has 0 radical (unpaired) electrons. The van der Waals surface area contributed by atoms with E-state index in [9.17, 15) is 4.39 Å². The van der Waals surface area contributed by atoms with Gasteiger partial charge in [-0.05, 0) is 24.2 Å². The Morgan fingerprint density at radius 2 is 2.17 bits per heavy atom. The number of nitrogens with one attached hydrogen (secondary N) is 1. The average Bonchev–Trinajstić information content (AvgIpc) is 2.82. The molecule has 96 valence electrons. The Labute approximate surface area is 107 Å². The molecule has 0 aliphatic carbocycles. The quantitative estimate of drug-likeness (QED) is 0.867. The Hall–Kier alpha value is -1.42. The van der Waals surface area contributed by atoms with Crippen LogP contribution in [0.25, 0.3) is 0 Å². The van der Waals surface area contributed by atoms with E-state index in [0.717, 1.165) is 31.6 Å². The number of likely N-dealkylation sites (tertiary alicyclic amines) is 1. The van der Waals surface area contributed by atoms with Crippen LogP contribution in [0.4, 0.5) is 4.39 Å². The molecule has 1 fully saturated rings. The van der Waals surface area contributed by atoms with E-state index in [0.29, 0.717) is 5.92 Å². The summed E-state index contributed by atoms with van der Waals surface area (Å²) in [6.45, 7) is 5.42. The van der Waals surface area contributed by atoms with E-state index in [2.05, 4.69) is 22.4 Å². The van der Waals surface area contributed by atoms with Gasteiger partial charge in [0.1, 0.15) is 5.82 Å². The number of hydrazone groups is 1. The Bertz CT molecular complexity index is 455. The summed E-state index contributed by atoms with van der Waals surface area (Å²) in [5.41, 5.74) is 5.61. The van der Waals surface area contributed by atoms with Crippen LogP contribution < -0.4 is 5.43 Å². The first kappa shape index (κ1) is 11.7. The molecular formula is C14H18FN3. The molecule has 2 aliphatic heterocycles. The van der Waals surface area contributed by atoms with Gasteiger partial charge in [-0.25, -0.2) is 4.39 Å². The van der Waals surface area contributed by atoms with E-state index < -0.39 is 0 Å². The second kappa shape index (κ2) is 4.69. The van der Waals surface area contributed by atoms with Gasteiger partial charge in [-0.3, -0.25) is 0 Å². The maximum absolute atomic E-state index is 13.0.